The second-order valence-electron chi connectivity index (χ2n) is 1.11. The van der Waals surface area contributed by atoms with E-state index in [9.17, 15) is 0 Å². The summed E-state index contributed by atoms with van der Waals surface area (Å²) >= 11 is 0. The van der Waals surface area contributed by atoms with Crippen LogP contribution in [0.25, 0.3) is 0 Å². The fourth-order valence-corrected chi connectivity index (χ4v) is 0.246. The molecule has 0 fully saturated rings. The van der Waals surface area contributed by atoms with Crippen LogP contribution in [0.4, 0.5) is 0 Å². The molecule has 0 atom stereocenters. The molecule has 0 aromatic rings. The molecule has 2 heteroatoms. The van der Waals surface area contributed by atoms with Crippen molar-refractivity contribution in [1.29, 1.82) is 0 Å². The van der Waals surface area contributed by atoms with Crippen LogP contribution in [0.2, 0.25) is 0 Å². The molecule has 7 heavy (non-hydrogen) atoms. The molecule has 0 amide bonds. The maximum Gasteiger partial charge on any atom is 0.0427 e. The van der Waals surface area contributed by atoms with Crippen LogP contribution in [0.5, 0.6) is 0 Å². The topological polar surface area (TPSA) is 9.23 Å². The summed E-state index contributed by atoms with van der Waals surface area (Å²) in [4.78, 5) is 0. The van der Waals surface area contributed by atoms with Gasteiger partial charge in [-0.3, -0.25) is 0 Å². The molecule has 0 rings (SSSR count). The normalized spacial score (nSPS) is 7.71. The molecule has 1 radical (unpaired) electrons. The molecule has 0 aliphatic heterocycles. The molecular weight excluding hydrogens is 165 g/mol. The molecule has 0 aromatic heterocycles. The molecule has 0 N–H and O–H groups in total. The van der Waals surface area contributed by atoms with Crippen LogP contribution in [0.3, 0.4) is 0 Å². The minimum atomic E-state index is 0. The van der Waals surface area contributed by atoms with Crippen molar-refractivity contribution in [1.82, 2.24) is 0 Å². The average molecular weight is 176 g/mol. The molecule has 0 aliphatic carbocycles. The summed E-state index contributed by atoms with van der Waals surface area (Å²) in [7, 11) is 0. The maximum atomic E-state index is 4.87. The van der Waals surface area contributed by atoms with Crippen LogP contribution in [0.1, 0.15) is 13.3 Å². The van der Waals surface area contributed by atoms with E-state index in [4.69, 9.17) is 4.74 Å². The van der Waals surface area contributed by atoms with Gasteiger partial charge in [-0.1, -0.05) is 13.5 Å². The van der Waals surface area contributed by atoms with Gasteiger partial charge in [0.25, 0.3) is 0 Å². The van der Waals surface area contributed by atoms with Crippen molar-refractivity contribution >= 4 is 0 Å². The zero-order chi connectivity index (χ0) is 4.83. The minimum absolute atomic E-state index is 0. The maximum absolute atomic E-state index is 4.87. The Kier molecular flexibility index (Phi) is 15.8. The van der Waals surface area contributed by atoms with Gasteiger partial charge in [0.15, 0.2) is 0 Å². The van der Waals surface area contributed by atoms with Crippen LogP contribution in [-0.4, -0.2) is 13.2 Å². The van der Waals surface area contributed by atoms with Crippen molar-refractivity contribution in [3.8, 4) is 0 Å². The van der Waals surface area contributed by atoms with Gasteiger partial charge in [0.1, 0.15) is 0 Å². The monoisotopic (exact) mass is 176 g/mol. The van der Waals surface area contributed by atoms with E-state index in [1.54, 1.807) is 0 Å². The number of hydrogen-bond acceptors (Lipinski definition) is 1. The molecule has 41 valence electrons. The van der Waals surface area contributed by atoms with E-state index in [-0.39, 0.29) is 32.7 Å². The largest absolute Gasteiger partial charge is 0.413 e. The third-order valence-electron chi connectivity index (χ3n) is 0.493. The molecule has 0 saturated heterocycles. The van der Waals surface area contributed by atoms with Gasteiger partial charge in [-0.15, -0.1) is 0 Å². The van der Waals surface area contributed by atoms with Crippen molar-refractivity contribution in [3.05, 3.63) is 6.92 Å². The molecule has 0 bridgehead atoms. The average Bonchev–Trinajstić information content (AvgIpc) is 1.61. The first kappa shape index (κ1) is 10.9. The van der Waals surface area contributed by atoms with E-state index in [1.165, 1.54) is 0 Å². The molecule has 0 saturated carbocycles. The first-order valence-electron chi connectivity index (χ1n) is 2.28. The van der Waals surface area contributed by atoms with Gasteiger partial charge < -0.3 is 11.7 Å². The van der Waals surface area contributed by atoms with Crippen LogP contribution >= 0.6 is 0 Å². The van der Waals surface area contributed by atoms with Gasteiger partial charge in [0.05, 0.1) is 0 Å². The molecular formula is C5H11OY-. The van der Waals surface area contributed by atoms with E-state index < -0.39 is 0 Å². The number of hydrogen-bond donors (Lipinski definition) is 0. The first-order valence-corrected chi connectivity index (χ1v) is 2.28. The van der Waals surface area contributed by atoms with Gasteiger partial charge in [0, 0.05) is 39.3 Å². The van der Waals surface area contributed by atoms with Crippen molar-refractivity contribution in [2.45, 2.75) is 13.3 Å². The van der Waals surface area contributed by atoms with Gasteiger partial charge in [-0.05, 0) is 6.42 Å². The third kappa shape index (κ3) is 11.0. The Hall–Kier alpha value is 1.06. The predicted octanol–water partition coefficient (Wildman–Crippen LogP) is 1.24. The second kappa shape index (κ2) is 10.1. The van der Waals surface area contributed by atoms with Gasteiger partial charge in [0.2, 0.25) is 0 Å². The van der Waals surface area contributed by atoms with Crippen LogP contribution < -0.4 is 0 Å². The zero-order valence-electron chi connectivity index (χ0n) is 4.81. The molecule has 0 heterocycles. The fraction of sp³-hybridized carbons (Fsp3) is 0.800. The van der Waals surface area contributed by atoms with Crippen molar-refractivity contribution in [3.63, 3.8) is 0 Å². The van der Waals surface area contributed by atoms with E-state index >= 15 is 0 Å². The SMILES string of the molecule is [CH2-]COCCC.[Y]. The Morgan fingerprint density at radius 3 is 2.29 bits per heavy atom. The van der Waals surface area contributed by atoms with E-state index in [1.807, 2.05) is 0 Å². The number of rotatable bonds is 3. The molecule has 0 spiro atoms. The summed E-state index contributed by atoms with van der Waals surface area (Å²) in [5.41, 5.74) is 0. The Bertz CT molecular complexity index is 20.0. The van der Waals surface area contributed by atoms with Gasteiger partial charge in [-0.25, -0.2) is 0 Å². The summed E-state index contributed by atoms with van der Waals surface area (Å²) in [6.07, 6.45) is 1.09. The van der Waals surface area contributed by atoms with Crippen LogP contribution in [0, 0.1) is 6.92 Å². The smallest absolute Gasteiger partial charge is 0.0427 e. The molecule has 1 nitrogen and oxygen atoms in total. The zero-order valence-corrected chi connectivity index (χ0v) is 7.65. The van der Waals surface area contributed by atoms with Gasteiger partial charge in [-0.2, -0.15) is 0 Å². The summed E-state index contributed by atoms with van der Waals surface area (Å²) in [6.45, 7) is 7.04. The fourth-order valence-electron chi connectivity index (χ4n) is 0.246. The predicted molar refractivity (Wildman–Crippen MR) is 26.5 cm³/mol. The van der Waals surface area contributed by atoms with Gasteiger partial charge >= 0.3 is 0 Å². The Morgan fingerprint density at radius 1 is 1.57 bits per heavy atom. The summed E-state index contributed by atoms with van der Waals surface area (Å²) in [6, 6.07) is 0. The Morgan fingerprint density at radius 2 is 2.14 bits per heavy atom. The van der Waals surface area contributed by atoms with E-state index in [0.29, 0.717) is 6.61 Å². The van der Waals surface area contributed by atoms with Crippen LogP contribution in [0.15, 0.2) is 0 Å². The van der Waals surface area contributed by atoms with E-state index in [0.717, 1.165) is 13.0 Å². The summed E-state index contributed by atoms with van der Waals surface area (Å²) in [5.74, 6) is 0. The first-order chi connectivity index (χ1) is 2.91. The Labute approximate surface area is 70.7 Å². The standard InChI is InChI=1S/C5H11O.Y/c1-3-5-6-4-2;/h2-5H2,1H3;/q-1;. The number of ether oxygens (including phenoxy) is 1. The van der Waals surface area contributed by atoms with E-state index in [2.05, 4.69) is 13.8 Å². The van der Waals surface area contributed by atoms with Crippen LogP contribution in [-0.2, 0) is 37.4 Å². The molecule has 0 aromatic carbocycles. The molecule has 0 aliphatic rings. The Balaban J connectivity index is 0. The molecule has 0 unspecified atom stereocenters. The van der Waals surface area contributed by atoms with Crippen molar-refractivity contribution < 1.29 is 37.4 Å². The van der Waals surface area contributed by atoms with Crippen molar-refractivity contribution in [2.75, 3.05) is 13.2 Å². The minimum Gasteiger partial charge on any atom is -0.413 e. The van der Waals surface area contributed by atoms with Crippen molar-refractivity contribution in [2.24, 2.45) is 0 Å². The summed E-state index contributed by atoms with van der Waals surface area (Å²) < 4.78 is 4.87. The third-order valence-corrected chi connectivity index (χ3v) is 0.493. The quantitative estimate of drug-likeness (QED) is 0.464. The second-order valence-corrected chi connectivity index (χ2v) is 1.11. The summed E-state index contributed by atoms with van der Waals surface area (Å²) in [5, 5.41) is 0.